The maximum Gasteiger partial charge on any atom is 0.194 e. The van der Waals surface area contributed by atoms with Gasteiger partial charge in [-0.25, -0.2) is 15.0 Å². The Balaban J connectivity index is 2.14. The summed E-state index contributed by atoms with van der Waals surface area (Å²) in [5.74, 6) is 0.650. The Morgan fingerprint density at radius 1 is 1.44 bits per heavy atom. The summed E-state index contributed by atoms with van der Waals surface area (Å²) in [6.45, 7) is 0.0270. The summed E-state index contributed by atoms with van der Waals surface area (Å²) >= 11 is 3.04. The molecule has 0 saturated carbocycles. The topological polar surface area (TPSA) is 63.3 Å². The van der Waals surface area contributed by atoms with Crippen LogP contribution in [0, 0.1) is 0 Å². The Morgan fingerprint density at radius 2 is 2.33 bits per heavy atom. The summed E-state index contributed by atoms with van der Waals surface area (Å²) < 4.78 is 1.91. The molecule has 1 N–H and O–H groups in total. The second-order valence-electron chi connectivity index (χ2n) is 3.57. The molecule has 3 aromatic heterocycles. The molecule has 0 spiro atoms. The van der Waals surface area contributed by atoms with Crippen molar-refractivity contribution in [3.63, 3.8) is 0 Å². The Labute approximate surface area is 112 Å². The van der Waals surface area contributed by atoms with E-state index < -0.39 is 0 Å². The average Bonchev–Trinajstić information content (AvgIpc) is 2.98. The summed E-state index contributed by atoms with van der Waals surface area (Å²) in [5, 5.41) is 10.1. The predicted molar refractivity (Wildman–Crippen MR) is 71.8 cm³/mol. The molecule has 3 aromatic rings. The first kappa shape index (κ1) is 11.6. The molecule has 0 amide bonds. The molecule has 0 aliphatic rings. The maximum atomic E-state index is 9.14. The van der Waals surface area contributed by atoms with Gasteiger partial charge < -0.3 is 5.11 Å². The van der Waals surface area contributed by atoms with Gasteiger partial charge in [-0.3, -0.25) is 4.40 Å². The monoisotopic (exact) mass is 278 g/mol. The van der Waals surface area contributed by atoms with Crippen LogP contribution in [0.2, 0.25) is 0 Å². The molecule has 92 valence electrons. The van der Waals surface area contributed by atoms with E-state index in [9.17, 15) is 0 Å². The van der Waals surface area contributed by atoms with Gasteiger partial charge in [-0.2, -0.15) is 0 Å². The number of hydrogen-bond acceptors (Lipinski definition) is 6. The Bertz CT molecular complexity index is 691. The SMILES string of the molecule is CSc1ccnc(-c2cnc3sc(CO)cn23)n1. The fourth-order valence-electron chi connectivity index (χ4n) is 1.65. The third kappa shape index (κ3) is 1.90. The molecule has 0 unspecified atom stereocenters. The van der Waals surface area contributed by atoms with Crippen molar-refractivity contribution < 1.29 is 5.11 Å². The van der Waals surface area contributed by atoms with Gasteiger partial charge in [0.05, 0.1) is 22.7 Å². The number of hydrogen-bond donors (Lipinski definition) is 1. The van der Waals surface area contributed by atoms with E-state index in [1.807, 2.05) is 22.9 Å². The van der Waals surface area contributed by atoms with Crippen molar-refractivity contribution in [3.8, 4) is 11.5 Å². The van der Waals surface area contributed by atoms with Crippen LogP contribution in [0.1, 0.15) is 4.88 Å². The van der Waals surface area contributed by atoms with Crippen LogP contribution in [0.15, 0.2) is 29.7 Å². The van der Waals surface area contributed by atoms with E-state index in [0.717, 1.165) is 20.6 Å². The number of thioether (sulfide) groups is 1. The van der Waals surface area contributed by atoms with Gasteiger partial charge in [0.15, 0.2) is 10.8 Å². The van der Waals surface area contributed by atoms with Gasteiger partial charge in [0.25, 0.3) is 0 Å². The first-order chi connectivity index (χ1) is 8.81. The zero-order chi connectivity index (χ0) is 12.5. The Hall–Kier alpha value is -1.44. The van der Waals surface area contributed by atoms with Gasteiger partial charge in [0.1, 0.15) is 5.69 Å². The third-order valence-electron chi connectivity index (χ3n) is 2.48. The lowest BCUT2D eigenvalue weighted by atomic mass is 10.4. The molecule has 0 bridgehead atoms. The molecule has 3 rings (SSSR count). The van der Waals surface area contributed by atoms with Gasteiger partial charge in [-0.1, -0.05) is 11.3 Å². The second-order valence-corrected chi connectivity index (χ2v) is 5.49. The summed E-state index contributed by atoms with van der Waals surface area (Å²) in [4.78, 5) is 14.7. The highest BCUT2D eigenvalue weighted by atomic mass is 32.2. The van der Waals surface area contributed by atoms with Gasteiger partial charge in [-0.05, 0) is 12.3 Å². The van der Waals surface area contributed by atoms with Crippen LogP contribution in [0.25, 0.3) is 16.5 Å². The van der Waals surface area contributed by atoms with E-state index in [2.05, 4.69) is 15.0 Å². The lowest BCUT2D eigenvalue weighted by Crippen LogP contribution is -1.92. The van der Waals surface area contributed by atoms with Crippen molar-refractivity contribution in [3.05, 3.63) is 29.5 Å². The smallest absolute Gasteiger partial charge is 0.194 e. The van der Waals surface area contributed by atoms with Gasteiger partial charge in [-0.15, -0.1) is 11.8 Å². The van der Waals surface area contributed by atoms with Crippen molar-refractivity contribution in [1.82, 2.24) is 19.4 Å². The van der Waals surface area contributed by atoms with E-state index >= 15 is 0 Å². The van der Waals surface area contributed by atoms with Crippen LogP contribution in [0.4, 0.5) is 0 Å². The minimum absolute atomic E-state index is 0.0270. The zero-order valence-corrected chi connectivity index (χ0v) is 11.2. The van der Waals surface area contributed by atoms with Gasteiger partial charge in [0, 0.05) is 12.4 Å². The first-order valence-corrected chi connectivity index (χ1v) is 7.30. The number of nitrogens with zero attached hydrogens (tertiary/aromatic N) is 4. The number of aliphatic hydroxyl groups excluding tert-OH is 1. The third-order valence-corrected chi connectivity index (χ3v) is 4.11. The molecule has 0 radical (unpaired) electrons. The summed E-state index contributed by atoms with van der Waals surface area (Å²) in [6.07, 6.45) is 7.35. The Morgan fingerprint density at radius 3 is 3.11 bits per heavy atom. The fraction of sp³-hybridized carbons (Fsp3) is 0.182. The van der Waals surface area contributed by atoms with Crippen molar-refractivity contribution in [2.45, 2.75) is 11.6 Å². The normalized spacial score (nSPS) is 11.2. The van der Waals surface area contributed by atoms with E-state index in [0.29, 0.717) is 5.82 Å². The molecule has 0 aromatic carbocycles. The lowest BCUT2D eigenvalue weighted by molar-refractivity contribution is 0.285. The van der Waals surface area contributed by atoms with Gasteiger partial charge in [0.2, 0.25) is 0 Å². The quantitative estimate of drug-likeness (QED) is 0.587. The molecular formula is C11H10N4OS2. The van der Waals surface area contributed by atoms with Crippen LogP contribution in [-0.2, 0) is 6.61 Å². The van der Waals surface area contributed by atoms with E-state index in [1.54, 1.807) is 24.2 Å². The lowest BCUT2D eigenvalue weighted by Gasteiger charge is -1.99. The summed E-state index contributed by atoms with van der Waals surface area (Å²) in [7, 11) is 0. The largest absolute Gasteiger partial charge is 0.391 e. The molecule has 0 aliphatic heterocycles. The Kier molecular flexibility index (Phi) is 3.02. The molecule has 0 fully saturated rings. The van der Waals surface area contributed by atoms with Crippen LogP contribution in [0.3, 0.4) is 0 Å². The molecular weight excluding hydrogens is 268 g/mol. The van der Waals surface area contributed by atoms with E-state index in [-0.39, 0.29) is 6.61 Å². The van der Waals surface area contributed by atoms with Crippen molar-refractivity contribution >= 4 is 28.1 Å². The predicted octanol–water partition coefficient (Wildman–Crippen LogP) is 2.07. The number of thiazole rings is 1. The van der Waals surface area contributed by atoms with Crippen molar-refractivity contribution in [1.29, 1.82) is 0 Å². The number of rotatable bonds is 3. The van der Waals surface area contributed by atoms with Crippen LogP contribution in [-0.4, -0.2) is 30.7 Å². The van der Waals surface area contributed by atoms with Gasteiger partial charge >= 0.3 is 0 Å². The molecule has 5 nitrogen and oxygen atoms in total. The molecule has 3 heterocycles. The fourth-order valence-corrected chi connectivity index (χ4v) is 2.84. The van der Waals surface area contributed by atoms with Crippen molar-refractivity contribution in [2.24, 2.45) is 0 Å². The molecule has 0 aliphatic carbocycles. The highest BCUT2D eigenvalue weighted by Crippen LogP contribution is 2.24. The standard InChI is InChI=1S/C11H10N4OS2/c1-17-9-2-3-12-10(14-9)8-4-13-11-15(8)5-7(6-16)18-11/h2-5,16H,6H2,1H3. The maximum absolute atomic E-state index is 9.14. The number of fused-ring (bicyclic) bond motifs is 1. The zero-order valence-electron chi connectivity index (χ0n) is 9.57. The van der Waals surface area contributed by atoms with Crippen LogP contribution >= 0.6 is 23.1 Å². The van der Waals surface area contributed by atoms with E-state index in [1.165, 1.54) is 11.3 Å². The molecule has 18 heavy (non-hydrogen) atoms. The van der Waals surface area contributed by atoms with Crippen LogP contribution in [0.5, 0.6) is 0 Å². The summed E-state index contributed by atoms with van der Waals surface area (Å²) in [5.41, 5.74) is 0.844. The minimum Gasteiger partial charge on any atom is -0.391 e. The highest BCUT2D eigenvalue weighted by molar-refractivity contribution is 7.98. The average molecular weight is 278 g/mol. The van der Waals surface area contributed by atoms with Crippen molar-refractivity contribution in [2.75, 3.05) is 6.26 Å². The molecule has 0 atom stereocenters. The second kappa shape index (κ2) is 4.68. The van der Waals surface area contributed by atoms with E-state index in [4.69, 9.17) is 5.11 Å². The highest BCUT2D eigenvalue weighted by Gasteiger charge is 2.11. The molecule has 0 saturated heterocycles. The number of aromatic nitrogens is 4. The van der Waals surface area contributed by atoms with Crippen LogP contribution < -0.4 is 0 Å². The minimum atomic E-state index is 0.0270. The number of aliphatic hydroxyl groups is 1. The first-order valence-electron chi connectivity index (χ1n) is 5.26. The number of imidazole rings is 1. The molecule has 7 heteroatoms. The summed E-state index contributed by atoms with van der Waals surface area (Å²) in [6, 6.07) is 1.87.